The van der Waals surface area contributed by atoms with E-state index < -0.39 is 48.1 Å². The molecule has 1 aliphatic carbocycles. The van der Waals surface area contributed by atoms with Gasteiger partial charge in [0.05, 0.1) is 25.2 Å². The molecule has 0 fully saturated rings. The van der Waals surface area contributed by atoms with Gasteiger partial charge in [0.25, 0.3) is 11.8 Å². The van der Waals surface area contributed by atoms with Gasteiger partial charge in [0.15, 0.2) is 11.5 Å². The number of aliphatic hydroxyl groups is 2. The molecule has 0 bridgehead atoms. The van der Waals surface area contributed by atoms with Crippen molar-refractivity contribution in [2.24, 2.45) is 0 Å². The number of ether oxygens (including phenoxy) is 2. The summed E-state index contributed by atoms with van der Waals surface area (Å²) in [4.78, 5) is 48.4. The number of nitrogens with zero attached hydrogens (tertiary/aromatic N) is 2. The number of rotatable bonds is 8. The Hall–Kier alpha value is -4.04. The predicted molar refractivity (Wildman–Crippen MR) is 137 cm³/mol. The molecule has 0 saturated heterocycles. The number of carbonyl (C=O) groups excluding carboxylic acids is 3. The van der Waals surface area contributed by atoms with E-state index >= 15 is 0 Å². The topological polar surface area (TPSA) is 180 Å². The fourth-order valence-corrected chi connectivity index (χ4v) is 5.59. The van der Waals surface area contributed by atoms with Crippen molar-refractivity contribution in [3.05, 3.63) is 65.5 Å². The molecular weight excluding hydrogens is 524 g/mol. The van der Waals surface area contributed by atoms with Crippen molar-refractivity contribution in [2.75, 3.05) is 20.3 Å². The Morgan fingerprint density at radius 3 is 2.70 bits per heavy atom. The second kappa shape index (κ2) is 11.2. The number of methoxy groups -OCH3 is 1. The molecule has 1 aromatic carbocycles. The Bertz CT molecular complexity index is 1320. The van der Waals surface area contributed by atoms with Crippen LogP contribution in [0.2, 0.25) is 0 Å². The first-order valence-electron chi connectivity index (χ1n) is 12.8. The molecule has 2 aromatic rings. The third-order valence-electron chi connectivity index (χ3n) is 7.62. The molecule has 212 valence electrons. The summed E-state index contributed by atoms with van der Waals surface area (Å²) in [5, 5.41) is 34.1. The van der Waals surface area contributed by atoms with E-state index in [1.165, 1.54) is 29.4 Å². The number of pyridine rings is 1. The van der Waals surface area contributed by atoms with E-state index in [4.69, 9.17) is 9.47 Å². The molecule has 5 rings (SSSR count). The SMILES string of the molecule is COc1ccc2c3c1O[C@H]1C[C@@H](O)C=C[C@@]31CCN(C(=O)[C@@H](NC(=O)[C@H](CO)NC(=O)c1ccncc1)OO)C2. The minimum absolute atomic E-state index is 0.122. The third-order valence-corrected chi connectivity index (χ3v) is 7.62. The molecule has 2 aliphatic heterocycles. The first-order chi connectivity index (χ1) is 19.3. The molecule has 3 heterocycles. The molecule has 0 unspecified atom stereocenters. The molecule has 13 heteroatoms. The molecule has 1 aromatic heterocycles. The summed E-state index contributed by atoms with van der Waals surface area (Å²) < 4.78 is 11.8. The highest BCUT2D eigenvalue weighted by Gasteiger charge is 2.53. The first-order valence-corrected chi connectivity index (χ1v) is 12.8. The van der Waals surface area contributed by atoms with Crippen molar-refractivity contribution < 1.29 is 44.2 Å². The third kappa shape index (κ3) is 4.88. The first kappa shape index (κ1) is 27.5. The summed E-state index contributed by atoms with van der Waals surface area (Å²) in [7, 11) is 1.54. The molecule has 13 nitrogen and oxygen atoms in total. The minimum atomic E-state index is -1.80. The van der Waals surface area contributed by atoms with Crippen molar-refractivity contribution in [1.29, 1.82) is 0 Å². The Kier molecular flexibility index (Phi) is 7.72. The lowest BCUT2D eigenvalue weighted by Gasteiger charge is -2.36. The summed E-state index contributed by atoms with van der Waals surface area (Å²) in [6.45, 7) is -0.427. The van der Waals surface area contributed by atoms with Gasteiger partial charge < -0.3 is 35.2 Å². The van der Waals surface area contributed by atoms with E-state index in [2.05, 4.69) is 20.5 Å². The number of hydrogen-bond donors (Lipinski definition) is 5. The van der Waals surface area contributed by atoms with Crippen molar-refractivity contribution in [2.45, 2.75) is 49.3 Å². The van der Waals surface area contributed by atoms with E-state index in [1.54, 1.807) is 19.3 Å². The van der Waals surface area contributed by atoms with Crippen molar-refractivity contribution in [3.63, 3.8) is 0 Å². The maximum absolute atomic E-state index is 13.5. The average Bonchev–Trinajstić information content (AvgIpc) is 3.21. The summed E-state index contributed by atoms with van der Waals surface area (Å²) in [5.41, 5.74) is 1.27. The van der Waals surface area contributed by atoms with Crippen molar-refractivity contribution >= 4 is 17.7 Å². The number of amides is 3. The van der Waals surface area contributed by atoms with Crippen LogP contribution < -0.4 is 20.1 Å². The van der Waals surface area contributed by atoms with Crippen LogP contribution in [-0.2, 0) is 26.4 Å². The van der Waals surface area contributed by atoms with Crippen LogP contribution in [0.25, 0.3) is 0 Å². The van der Waals surface area contributed by atoms with Crippen LogP contribution in [0.1, 0.15) is 34.3 Å². The summed E-state index contributed by atoms with van der Waals surface area (Å²) in [5.74, 6) is -1.19. The lowest BCUT2D eigenvalue weighted by atomic mass is 9.69. The largest absolute Gasteiger partial charge is 0.493 e. The zero-order valence-corrected chi connectivity index (χ0v) is 21.6. The zero-order valence-electron chi connectivity index (χ0n) is 21.6. The summed E-state index contributed by atoms with van der Waals surface area (Å²) >= 11 is 0. The van der Waals surface area contributed by atoms with Gasteiger partial charge in [-0.3, -0.25) is 19.4 Å². The Labute approximate surface area is 229 Å². The molecule has 40 heavy (non-hydrogen) atoms. The fraction of sp³-hybridized carbons (Fsp3) is 0.407. The number of hydrogen-bond acceptors (Lipinski definition) is 10. The molecule has 0 saturated carbocycles. The van der Waals surface area contributed by atoms with Gasteiger partial charge in [-0.2, -0.15) is 0 Å². The van der Waals surface area contributed by atoms with Crippen LogP contribution in [0, 0.1) is 0 Å². The number of carbonyl (C=O) groups is 3. The molecule has 1 spiro atoms. The van der Waals surface area contributed by atoms with Crippen LogP contribution in [0.4, 0.5) is 0 Å². The van der Waals surface area contributed by atoms with Gasteiger partial charge in [-0.15, -0.1) is 0 Å². The van der Waals surface area contributed by atoms with Crippen molar-refractivity contribution in [1.82, 2.24) is 20.5 Å². The molecule has 5 N–H and O–H groups in total. The number of nitrogens with one attached hydrogen (secondary N) is 2. The Balaban J connectivity index is 1.34. The second-order valence-corrected chi connectivity index (χ2v) is 9.89. The van der Waals surface area contributed by atoms with E-state index in [9.17, 15) is 29.9 Å². The van der Waals surface area contributed by atoms with Gasteiger partial charge >= 0.3 is 0 Å². The van der Waals surface area contributed by atoms with Crippen molar-refractivity contribution in [3.8, 4) is 11.5 Å². The van der Waals surface area contributed by atoms with E-state index in [1.807, 2.05) is 12.1 Å². The lowest BCUT2D eigenvalue weighted by molar-refractivity contribution is -0.280. The lowest BCUT2D eigenvalue weighted by Crippen LogP contribution is -2.56. The highest BCUT2D eigenvalue weighted by Crippen LogP contribution is 2.55. The van der Waals surface area contributed by atoms with E-state index in [-0.39, 0.29) is 24.8 Å². The Morgan fingerprint density at radius 1 is 1.23 bits per heavy atom. The quantitative estimate of drug-likeness (QED) is 0.128. The monoisotopic (exact) mass is 554 g/mol. The predicted octanol–water partition coefficient (Wildman–Crippen LogP) is -0.135. The van der Waals surface area contributed by atoms with Gasteiger partial charge in [0.2, 0.25) is 12.1 Å². The maximum atomic E-state index is 13.5. The van der Waals surface area contributed by atoms with Crippen LogP contribution in [0.15, 0.2) is 48.8 Å². The zero-order chi connectivity index (χ0) is 28.4. The minimum Gasteiger partial charge on any atom is -0.493 e. The van der Waals surface area contributed by atoms with Crippen LogP contribution in [-0.4, -0.2) is 87.8 Å². The highest BCUT2D eigenvalue weighted by atomic mass is 17.1. The van der Waals surface area contributed by atoms with Gasteiger partial charge in [-0.25, -0.2) is 10.1 Å². The van der Waals surface area contributed by atoms with Crippen LogP contribution in [0.5, 0.6) is 11.5 Å². The Morgan fingerprint density at radius 2 is 2.00 bits per heavy atom. The maximum Gasteiger partial charge on any atom is 0.276 e. The number of aromatic nitrogens is 1. The number of aliphatic hydroxyl groups excluding tert-OH is 2. The summed E-state index contributed by atoms with van der Waals surface area (Å²) in [6, 6.07) is 5.02. The van der Waals surface area contributed by atoms with E-state index in [0.29, 0.717) is 24.3 Å². The van der Waals surface area contributed by atoms with Gasteiger partial charge in [-0.05, 0) is 30.2 Å². The van der Waals surface area contributed by atoms with Crippen LogP contribution in [0.3, 0.4) is 0 Å². The highest BCUT2D eigenvalue weighted by molar-refractivity contribution is 5.98. The standard InChI is InChI=1S/C27H30N4O9/c1-38-19-3-2-16-13-31(11-8-27-7-4-17(33)12-20(27)39-22(19)21(16)27)26(36)25(40-37)30-24(35)18(14-32)29-23(34)15-5-9-28-10-6-15/h2-7,9-10,17-18,20,25,32-33,37H,8,11-14H2,1H3,(H,29,34)(H,30,35)/t17-,18-,20-,25-,27-/m0/s1. The van der Waals surface area contributed by atoms with Gasteiger partial charge in [0.1, 0.15) is 12.1 Å². The molecule has 0 radical (unpaired) electrons. The smallest absolute Gasteiger partial charge is 0.276 e. The van der Waals surface area contributed by atoms with Crippen LogP contribution >= 0.6 is 0 Å². The van der Waals surface area contributed by atoms with E-state index in [0.717, 1.165) is 11.1 Å². The van der Waals surface area contributed by atoms with Gasteiger partial charge in [-0.1, -0.05) is 18.2 Å². The second-order valence-electron chi connectivity index (χ2n) is 9.89. The van der Waals surface area contributed by atoms with Gasteiger partial charge in [0, 0.05) is 43.0 Å². The fourth-order valence-electron chi connectivity index (χ4n) is 5.59. The molecule has 3 aliphatic rings. The molecular formula is C27H30N4O9. The molecule has 3 amide bonds. The summed E-state index contributed by atoms with van der Waals surface area (Å²) in [6.07, 6.45) is 4.43. The normalized spacial score (nSPS) is 24.1. The number of benzene rings is 1. The molecule has 5 atom stereocenters. The average molecular weight is 555 g/mol.